The minimum atomic E-state index is -1.57. The molecule has 6 N–H and O–H groups in total. The third-order valence-electron chi connectivity index (χ3n) is 4.16. The van der Waals surface area contributed by atoms with Crippen LogP contribution < -0.4 is 0 Å². The molecule has 2 aliphatic rings. The van der Waals surface area contributed by atoms with E-state index in [2.05, 4.69) is 0 Å². The SMILES string of the molecule is CO[C@@H]1O[C@H](CO)[C@@H](O)[C@H](O)[C@H]1O[C@@H]1O[C@@H](C)[C@H](O)[C@@H](O)[C@H]1O. The Kier molecular flexibility index (Phi) is 6.30. The third kappa shape index (κ3) is 3.66. The van der Waals surface area contributed by atoms with Gasteiger partial charge in [0.2, 0.25) is 0 Å². The van der Waals surface area contributed by atoms with Gasteiger partial charge in [0.05, 0.1) is 12.7 Å². The minimum Gasteiger partial charge on any atom is -0.394 e. The molecule has 0 aromatic heterocycles. The van der Waals surface area contributed by atoms with E-state index in [1.54, 1.807) is 0 Å². The fourth-order valence-electron chi connectivity index (χ4n) is 2.67. The Morgan fingerprint density at radius 1 is 0.826 bits per heavy atom. The van der Waals surface area contributed by atoms with E-state index in [-0.39, 0.29) is 0 Å². The van der Waals surface area contributed by atoms with Gasteiger partial charge in [-0.25, -0.2) is 0 Å². The maximum Gasteiger partial charge on any atom is 0.187 e. The normalized spacial score (nSPS) is 51.7. The average molecular weight is 340 g/mol. The highest BCUT2D eigenvalue weighted by atomic mass is 16.8. The van der Waals surface area contributed by atoms with Crippen molar-refractivity contribution >= 4 is 0 Å². The van der Waals surface area contributed by atoms with Crippen molar-refractivity contribution in [1.82, 2.24) is 0 Å². The molecule has 2 aliphatic heterocycles. The van der Waals surface area contributed by atoms with Crippen molar-refractivity contribution in [3.05, 3.63) is 0 Å². The molecule has 10 atom stereocenters. The van der Waals surface area contributed by atoms with E-state index in [4.69, 9.17) is 24.1 Å². The third-order valence-corrected chi connectivity index (χ3v) is 4.16. The van der Waals surface area contributed by atoms with Crippen LogP contribution in [0.15, 0.2) is 0 Å². The molecule has 0 radical (unpaired) electrons. The molecule has 2 fully saturated rings. The molecular formula is C13H24O10. The molecule has 0 saturated carbocycles. The average Bonchev–Trinajstić information content (AvgIpc) is 2.54. The predicted octanol–water partition coefficient (Wildman–Crippen LogP) is -3.72. The number of hydrogen-bond donors (Lipinski definition) is 6. The number of aliphatic hydroxyl groups is 6. The Morgan fingerprint density at radius 3 is 2.04 bits per heavy atom. The van der Waals surface area contributed by atoms with Crippen molar-refractivity contribution in [2.24, 2.45) is 0 Å². The fourth-order valence-corrected chi connectivity index (χ4v) is 2.67. The summed E-state index contributed by atoms with van der Waals surface area (Å²) in [5.74, 6) is 0. The summed E-state index contributed by atoms with van der Waals surface area (Å²) < 4.78 is 21.0. The van der Waals surface area contributed by atoms with Gasteiger partial charge in [0, 0.05) is 7.11 Å². The zero-order valence-electron chi connectivity index (χ0n) is 12.8. The first-order chi connectivity index (χ1) is 10.8. The highest BCUT2D eigenvalue weighted by Crippen LogP contribution is 2.29. The van der Waals surface area contributed by atoms with Crippen molar-refractivity contribution in [3.63, 3.8) is 0 Å². The lowest BCUT2D eigenvalue weighted by atomic mass is 9.97. The molecule has 2 saturated heterocycles. The summed E-state index contributed by atoms with van der Waals surface area (Å²) in [5, 5.41) is 58.5. The summed E-state index contributed by atoms with van der Waals surface area (Å²) in [7, 11) is 1.28. The minimum absolute atomic E-state index is 0.532. The zero-order chi connectivity index (χ0) is 17.3. The van der Waals surface area contributed by atoms with Gasteiger partial charge in [-0.3, -0.25) is 0 Å². The summed E-state index contributed by atoms with van der Waals surface area (Å²) in [6.45, 7) is 0.948. The number of hydrogen-bond acceptors (Lipinski definition) is 10. The number of aliphatic hydroxyl groups excluding tert-OH is 6. The van der Waals surface area contributed by atoms with Crippen LogP contribution in [0, 0.1) is 0 Å². The first kappa shape index (κ1) is 18.9. The van der Waals surface area contributed by atoms with Gasteiger partial charge in [0.1, 0.15) is 42.7 Å². The Balaban J connectivity index is 2.10. The fraction of sp³-hybridized carbons (Fsp3) is 1.00. The van der Waals surface area contributed by atoms with Crippen molar-refractivity contribution in [1.29, 1.82) is 0 Å². The Bertz CT molecular complexity index is 380. The molecule has 23 heavy (non-hydrogen) atoms. The molecule has 0 aromatic rings. The number of methoxy groups -OCH3 is 1. The summed E-state index contributed by atoms with van der Waals surface area (Å²) in [5.41, 5.74) is 0. The Labute approximate surface area is 132 Å². The lowest BCUT2D eigenvalue weighted by Gasteiger charge is -2.45. The van der Waals surface area contributed by atoms with E-state index in [9.17, 15) is 25.5 Å². The van der Waals surface area contributed by atoms with E-state index in [1.807, 2.05) is 0 Å². The van der Waals surface area contributed by atoms with Crippen molar-refractivity contribution in [2.45, 2.75) is 68.3 Å². The lowest BCUT2D eigenvalue weighted by Crippen LogP contribution is -2.64. The maximum atomic E-state index is 10.1. The maximum absolute atomic E-state index is 10.1. The molecule has 2 rings (SSSR count). The van der Waals surface area contributed by atoms with Crippen LogP contribution in [0.1, 0.15) is 6.92 Å². The summed E-state index contributed by atoms with van der Waals surface area (Å²) >= 11 is 0. The molecule has 0 spiro atoms. The summed E-state index contributed by atoms with van der Waals surface area (Å²) in [6.07, 6.45) is -12.9. The topological polar surface area (TPSA) is 158 Å². The zero-order valence-corrected chi connectivity index (χ0v) is 12.8. The first-order valence-corrected chi connectivity index (χ1v) is 7.32. The molecule has 2 heterocycles. The van der Waals surface area contributed by atoms with Gasteiger partial charge in [-0.15, -0.1) is 0 Å². The molecule has 0 aliphatic carbocycles. The molecule has 10 heteroatoms. The van der Waals surface area contributed by atoms with E-state index < -0.39 is 68.0 Å². The molecular weight excluding hydrogens is 316 g/mol. The predicted molar refractivity (Wildman–Crippen MR) is 72.0 cm³/mol. The second-order valence-corrected chi connectivity index (χ2v) is 5.72. The van der Waals surface area contributed by atoms with Crippen molar-refractivity contribution in [2.75, 3.05) is 13.7 Å². The number of rotatable bonds is 4. The van der Waals surface area contributed by atoms with Crippen molar-refractivity contribution in [3.8, 4) is 0 Å². The van der Waals surface area contributed by atoms with Crippen LogP contribution in [-0.4, -0.2) is 106 Å². The monoisotopic (exact) mass is 340 g/mol. The number of ether oxygens (including phenoxy) is 4. The molecule has 0 aromatic carbocycles. The molecule has 136 valence electrons. The van der Waals surface area contributed by atoms with E-state index in [0.29, 0.717) is 0 Å². The van der Waals surface area contributed by atoms with Gasteiger partial charge < -0.3 is 49.6 Å². The highest BCUT2D eigenvalue weighted by molar-refractivity contribution is 4.92. The molecule has 10 nitrogen and oxygen atoms in total. The van der Waals surface area contributed by atoms with Crippen LogP contribution >= 0.6 is 0 Å². The standard InChI is InChI=1S/C13H24O10/c1-4-6(15)8(17)10(19)12(21-4)23-11-9(18)7(16)5(3-14)22-13(11)20-2/h4-19H,3H2,1-2H3/t4-,5+,6-,7+,8+,9-,10+,11+,12-,13+/m0/s1. The van der Waals surface area contributed by atoms with Gasteiger partial charge in [-0.1, -0.05) is 0 Å². The Morgan fingerprint density at radius 2 is 1.48 bits per heavy atom. The lowest BCUT2D eigenvalue weighted by molar-refractivity contribution is -0.361. The van der Waals surface area contributed by atoms with Crippen molar-refractivity contribution < 1.29 is 49.6 Å². The van der Waals surface area contributed by atoms with Crippen LogP contribution in [0.2, 0.25) is 0 Å². The van der Waals surface area contributed by atoms with E-state index in [0.717, 1.165) is 0 Å². The summed E-state index contributed by atoms with van der Waals surface area (Å²) in [4.78, 5) is 0. The first-order valence-electron chi connectivity index (χ1n) is 7.32. The van der Waals surface area contributed by atoms with E-state index >= 15 is 0 Å². The largest absolute Gasteiger partial charge is 0.394 e. The van der Waals surface area contributed by atoms with Gasteiger partial charge in [0.25, 0.3) is 0 Å². The summed E-state index contributed by atoms with van der Waals surface area (Å²) in [6, 6.07) is 0. The smallest absolute Gasteiger partial charge is 0.187 e. The quantitative estimate of drug-likeness (QED) is 0.300. The van der Waals surface area contributed by atoms with Crippen LogP contribution in [0.5, 0.6) is 0 Å². The second-order valence-electron chi connectivity index (χ2n) is 5.72. The Hall–Kier alpha value is -0.400. The molecule has 0 bridgehead atoms. The second kappa shape index (κ2) is 7.66. The molecule has 0 unspecified atom stereocenters. The van der Waals surface area contributed by atoms with Crippen LogP contribution in [0.4, 0.5) is 0 Å². The van der Waals surface area contributed by atoms with Gasteiger partial charge in [-0.2, -0.15) is 0 Å². The van der Waals surface area contributed by atoms with Gasteiger partial charge >= 0.3 is 0 Å². The van der Waals surface area contributed by atoms with Crippen LogP contribution in [0.3, 0.4) is 0 Å². The van der Waals surface area contributed by atoms with Gasteiger partial charge in [-0.05, 0) is 6.92 Å². The van der Waals surface area contributed by atoms with Crippen LogP contribution in [0.25, 0.3) is 0 Å². The van der Waals surface area contributed by atoms with Gasteiger partial charge in [0.15, 0.2) is 12.6 Å². The van der Waals surface area contributed by atoms with Crippen LogP contribution in [-0.2, 0) is 18.9 Å². The highest BCUT2D eigenvalue weighted by Gasteiger charge is 2.49. The molecule has 0 amide bonds. The van der Waals surface area contributed by atoms with E-state index in [1.165, 1.54) is 14.0 Å².